The maximum atomic E-state index is 11.8. The van der Waals surface area contributed by atoms with Crippen LogP contribution in [0.4, 0.5) is 5.69 Å². The number of carbonyl (C=O) groups is 1. The van der Waals surface area contributed by atoms with Gasteiger partial charge in [0.05, 0.1) is 0 Å². The number of hydrogen-bond donors (Lipinski definition) is 1. The van der Waals surface area contributed by atoms with Crippen molar-refractivity contribution in [2.45, 2.75) is 19.3 Å². The zero-order chi connectivity index (χ0) is 12.1. The van der Waals surface area contributed by atoms with E-state index in [0.717, 1.165) is 25.9 Å². The maximum absolute atomic E-state index is 11.8. The van der Waals surface area contributed by atoms with Crippen molar-refractivity contribution in [3.05, 3.63) is 24.3 Å². The summed E-state index contributed by atoms with van der Waals surface area (Å²) < 4.78 is 5.43. The van der Waals surface area contributed by atoms with Gasteiger partial charge in [-0.05, 0) is 31.4 Å². The number of nitrogens with zero attached hydrogens (tertiary/aromatic N) is 1. The number of benzene rings is 1. The molecule has 92 valence electrons. The van der Waals surface area contributed by atoms with Crippen LogP contribution in [0.15, 0.2) is 24.3 Å². The molecule has 0 aliphatic carbocycles. The number of ether oxygens (including phenoxy) is 1. The Hall–Kier alpha value is -1.71. The van der Waals surface area contributed by atoms with Gasteiger partial charge in [0.2, 0.25) is 0 Å². The Kier molecular flexibility index (Phi) is 3.85. The van der Waals surface area contributed by atoms with Crippen LogP contribution in [0.3, 0.4) is 0 Å². The Morgan fingerprint density at radius 1 is 1.29 bits per heavy atom. The van der Waals surface area contributed by atoms with Gasteiger partial charge in [0.25, 0.3) is 5.91 Å². The molecule has 1 aromatic rings. The van der Waals surface area contributed by atoms with Crippen molar-refractivity contribution < 1.29 is 9.53 Å². The lowest BCUT2D eigenvalue weighted by Gasteiger charge is -2.26. The molecule has 0 spiro atoms. The lowest BCUT2D eigenvalue weighted by molar-refractivity contribution is -0.134. The second-order valence-electron chi connectivity index (χ2n) is 4.30. The smallest absolute Gasteiger partial charge is 0.260 e. The molecule has 4 heteroatoms. The third-order valence-corrected chi connectivity index (χ3v) is 2.93. The molecule has 0 bridgehead atoms. The summed E-state index contributed by atoms with van der Waals surface area (Å²) in [5.74, 6) is 0.711. The number of hydrogen-bond acceptors (Lipinski definition) is 3. The average Bonchev–Trinajstić information content (AvgIpc) is 2.37. The first kappa shape index (κ1) is 11.8. The lowest BCUT2D eigenvalue weighted by atomic mass is 10.1. The molecule has 1 amide bonds. The number of nitrogens with two attached hydrogens (primary N) is 1. The maximum Gasteiger partial charge on any atom is 0.260 e. The van der Waals surface area contributed by atoms with E-state index in [1.165, 1.54) is 6.42 Å². The Morgan fingerprint density at radius 2 is 2.06 bits per heavy atom. The molecule has 0 atom stereocenters. The van der Waals surface area contributed by atoms with Crippen molar-refractivity contribution in [3.63, 3.8) is 0 Å². The quantitative estimate of drug-likeness (QED) is 0.809. The van der Waals surface area contributed by atoms with Gasteiger partial charge in [-0.3, -0.25) is 4.79 Å². The minimum absolute atomic E-state index is 0.0622. The fraction of sp³-hybridized carbons (Fsp3) is 0.462. The van der Waals surface area contributed by atoms with E-state index < -0.39 is 0 Å². The van der Waals surface area contributed by atoms with Gasteiger partial charge in [-0.1, -0.05) is 6.07 Å². The van der Waals surface area contributed by atoms with Crippen molar-refractivity contribution in [2.24, 2.45) is 0 Å². The molecule has 1 saturated heterocycles. The highest BCUT2D eigenvalue weighted by molar-refractivity contribution is 5.77. The van der Waals surface area contributed by atoms with Crippen molar-refractivity contribution in [1.82, 2.24) is 4.90 Å². The van der Waals surface area contributed by atoms with Crippen LogP contribution in [0.1, 0.15) is 19.3 Å². The minimum atomic E-state index is 0.0622. The number of carbonyl (C=O) groups excluding carboxylic acids is 1. The summed E-state index contributed by atoms with van der Waals surface area (Å²) in [6, 6.07) is 7.14. The molecule has 0 unspecified atom stereocenters. The van der Waals surface area contributed by atoms with Crippen molar-refractivity contribution in [2.75, 3.05) is 25.4 Å². The fourth-order valence-corrected chi connectivity index (χ4v) is 1.98. The van der Waals surface area contributed by atoms with Gasteiger partial charge in [-0.15, -0.1) is 0 Å². The summed E-state index contributed by atoms with van der Waals surface area (Å²) in [4.78, 5) is 13.7. The molecule has 17 heavy (non-hydrogen) atoms. The van der Waals surface area contributed by atoms with Crippen LogP contribution in [0, 0.1) is 0 Å². The predicted octanol–water partition coefficient (Wildman–Crippen LogP) is 1.66. The third-order valence-electron chi connectivity index (χ3n) is 2.93. The van der Waals surface area contributed by atoms with E-state index in [4.69, 9.17) is 10.5 Å². The van der Waals surface area contributed by atoms with Crippen molar-refractivity contribution in [1.29, 1.82) is 0 Å². The van der Waals surface area contributed by atoms with Crippen LogP contribution in [0.5, 0.6) is 5.75 Å². The molecule has 2 N–H and O–H groups in total. The zero-order valence-corrected chi connectivity index (χ0v) is 9.89. The summed E-state index contributed by atoms with van der Waals surface area (Å²) >= 11 is 0. The molecule has 1 aromatic carbocycles. The Bertz CT molecular complexity index is 387. The van der Waals surface area contributed by atoms with Crippen LogP contribution >= 0.6 is 0 Å². The molecule has 1 aliphatic rings. The number of nitrogen functional groups attached to an aromatic ring is 1. The monoisotopic (exact) mass is 234 g/mol. The van der Waals surface area contributed by atoms with E-state index in [0.29, 0.717) is 11.4 Å². The van der Waals surface area contributed by atoms with E-state index in [1.54, 1.807) is 18.2 Å². The molecule has 0 aromatic heterocycles. The highest BCUT2D eigenvalue weighted by atomic mass is 16.5. The highest BCUT2D eigenvalue weighted by Crippen LogP contribution is 2.15. The van der Waals surface area contributed by atoms with Crippen LogP contribution < -0.4 is 10.5 Å². The number of amides is 1. The second kappa shape index (κ2) is 5.57. The van der Waals surface area contributed by atoms with Gasteiger partial charge in [0.15, 0.2) is 6.61 Å². The van der Waals surface area contributed by atoms with Gasteiger partial charge in [-0.2, -0.15) is 0 Å². The first-order chi connectivity index (χ1) is 8.25. The molecule has 2 rings (SSSR count). The third kappa shape index (κ3) is 3.37. The van der Waals surface area contributed by atoms with E-state index in [1.807, 2.05) is 11.0 Å². The topological polar surface area (TPSA) is 55.6 Å². The number of piperidine rings is 1. The molecule has 0 saturated carbocycles. The molecule has 1 heterocycles. The van der Waals surface area contributed by atoms with E-state index in [2.05, 4.69) is 0 Å². The fourth-order valence-electron chi connectivity index (χ4n) is 1.98. The van der Waals surface area contributed by atoms with Gasteiger partial charge in [0.1, 0.15) is 5.75 Å². The van der Waals surface area contributed by atoms with Crippen LogP contribution in [0.2, 0.25) is 0 Å². The van der Waals surface area contributed by atoms with Crippen molar-refractivity contribution >= 4 is 11.6 Å². The molecule has 1 fully saturated rings. The summed E-state index contributed by atoms with van der Waals surface area (Å²) in [5, 5.41) is 0. The largest absolute Gasteiger partial charge is 0.484 e. The first-order valence-electron chi connectivity index (χ1n) is 6.02. The standard InChI is InChI=1S/C13H18N2O2/c14-11-5-4-6-12(9-11)17-10-13(16)15-7-2-1-3-8-15/h4-6,9H,1-3,7-8,10,14H2. The van der Waals surface area contributed by atoms with Gasteiger partial charge in [-0.25, -0.2) is 0 Å². The average molecular weight is 234 g/mol. The number of likely N-dealkylation sites (tertiary alicyclic amines) is 1. The lowest BCUT2D eigenvalue weighted by Crippen LogP contribution is -2.38. The second-order valence-corrected chi connectivity index (χ2v) is 4.30. The molecule has 0 radical (unpaired) electrons. The summed E-state index contributed by atoms with van der Waals surface area (Å²) in [6.45, 7) is 1.82. The first-order valence-corrected chi connectivity index (χ1v) is 6.02. The van der Waals surface area contributed by atoms with Crippen LogP contribution in [-0.4, -0.2) is 30.5 Å². The molecule has 4 nitrogen and oxygen atoms in total. The number of anilines is 1. The van der Waals surface area contributed by atoms with E-state index >= 15 is 0 Å². The number of rotatable bonds is 3. The summed E-state index contributed by atoms with van der Waals surface area (Å²) in [6.07, 6.45) is 3.42. The Morgan fingerprint density at radius 3 is 2.76 bits per heavy atom. The molecular formula is C13H18N2O2. The summed E-state index contributed by atoms with van der Waals surface area (Å²) in [5.41, 5.74) is 6.28. The predicted molar refractivity (Wildman–Crippen MR) is 66.8 cm³/mol. The van der Waals surface area contributed by atoms with Gasteiger partial charge >= 0.3 is 0 Å². The summed E-state index contributed by atoms with van der Waals surface area (Å²) in [7, 11) is 0. The van der Waals surface area contributed by atoms with E-state index in [9.17, 15) is 4.79 Å². The van der Waals surface area contributed by atoms with Crippen LogP contribution in [0.25, 0.3) is 0 Å². The minimum Gasteiger partial charge on any atom is -0.484 e. The van der Waals surface area contributed by atoms with Crippen molar-refractivity contribution in [3.8, 4) is 5.75 Å². The van der Waals surface area contributed by atoms with Gasteiger partial charge < -0.3 is 15.4 Å². The van der Waals surface area contributed by atoms with Gasteiger partial charge in [0, 0.05) is 24.8 Å². The normalized spacial score (nSPS) is 15.6. The Labute approximate surface area is 101 Å². The zero-order valence-electron chi connectivity index (χ0n) is 9.89. The van der Waals surface area contributed by atoms with E-state index in [-0.39, 0.29) is 12.5 Å². The van der Waals surface area contributed by atoms with Crippen LogP contribution in [-0.2, 0) is 4.79 Å². The SMILES string of the molecule is Nc1cccc(OCC(=O)N2CCCCC2)c1. The Balaban J connectivity index is 1.83. The highest BCUT2D eigenvalue weighted by Gasteiger charge is 2.16. The molecule has 1 aliphatic heterocycles. The molecular weight excluding hydrogens is 216 g/mol.